The number of piperidine rings is 1. The van der Waals surface area contributed by atoms with Gasteiger partial charge in [-0.2, -0.15) is 0 Å². The number of likely N-dealkylation sites (tertiary alicyclic amines) is 1. The third kappa shape index (κ3) is 5.89. The van der Waals surface area contributed by atoms with Crippen LogP contribution in [0.5, 0.6) is 11.5 Å². The first kappa shape index (κ1) is 27.4. The van der Waals surface area contributed by atoms with E-state index in [1.807, 2.05) is 60.5 Å². The van der Waals surface area contributed by atoms with E-state index in [1.54, 1.807) is 19.3 Å². The van der Waals surface area contributed by atoms with Gasteiger partial charge in [-0.1, -0.05) is 24.3 Å². The molecule has 2 aromatic carbocycles. The lowest BCUT2D eigenvalue weighted by atomic mass is 9.55. The Hall–Kier alpha value is -3.16. The maximum atomic E-state index is 13.3. The number of carbonyl (C=O) groups is 2. The average Bonchev–Trinajstić information content (AvgIpc) is 3.74. The third-order valence-corrected chi connectivity index (χ3v) is 8.98. The number of likely N-dealkylation sites (N-methyl/N-ethyl adjacent to an activating group) is 1. The molecule has 1 aliphatic heterocycles. The molecule has 1 N–H and O–H groups in total. The zero-order valence-corrected chi connectivity index (χ0v) is 23.3. The van der Waals surface area contributed by atoms with Crippen molar-refractivity contribution in [1.82, 2.24) is 9.80 Å². The fourth-order valence-electron chi connectivity index (χ4n) is 6.62. The van der Waals surface area contributed by atoms with Gasteiger partial charge in [-0.15, -0.1) is 0 Å². The minimum absolute atomic E-state index is 0.0277. The first-order valence-electron chi connectivity index (χ1n) is 14.0. The van der Waals surface area contributed by atoms with Gasteiger partial charge in [-0.3, -0.25) is 9.59 Å². The predicted octanol–water partition coefficient (Wildman–Crippen LogP) is 4.43. The molecule has 1 saturated heterocycles. The molecule has 3 fully saturated rings. The van der Waals surface area contributed by atoms with Crippen molar-refractivity contribution >= 4 is 18.0 Å². The Morgan fingerprint density at radius 3 is 2.62 bits per heavy atom. The topological polar surface area (TPSA) is 79.3 Å². The molecule has 7 heteroatoms. The molecular formula is C32H40N2O5. The number of hydrogen-bond donors (Lipinski definition) is 1. The monoisotopic (exact) mass is 532 g/mol. The van der Waals surface area contributed by atoms with Crippen molar-refractivity contribution in [3.05, 3.63) is 65.7 Å². The minimum Gasteiger partial charge on any atom is -0.497 e. The summed E-state index contributed by atoms with van der Waals surface area (Å²) in [5.41, 5.74) is 0.409. The fourth-order valence-corrected chi connectivity index (χ4v) is 6.62. The first-order valence-corrected chi connectivity index (χ1v) is 14.0. The molecule has 0 spiro atoms. The summed E-state index contributed by atoms with van der Waals surface area (Å²) in [5, 5.41) is 12.3. The van der Waals surface area contributed by atoms with Gasteiger partial charge in [-0.05, 0) is 92.5 Å². The summed E-state index contributed by atoms with van der Waals surface area (Å²) >= 11 is 0. The Kier molecular flexibility index (Phi) is 7.83. The van der Waals surface area contributed by atoms with Gasteiger partial charge in [0.15, 0.2) is 0 Å². The zero-order chi connectivity index (χ0) is 27.6. The Morgan fingerprint density at radius 1 is 1.10 bits per heavy atom. The number of rotatable bonds is 8. The molecule has 2 aromatic rings. The van der Waals surface area contributed by atoms with Gasteiger partial charge < -0.3 is 24.4 Å². The van der Waals surface area contributed by atoms with Crippen molar-refractivity contribution < 1.29 is 24.2 Å². The van der Waals surface area contributed by atoms with E-state index in [-0.39, 0.29) is 17.9 Å². The molecule has 0 bridgehead atoms. The highest BCUT2D eigenvalue weighted by Gasteiger charge is 2.58. The van der Waals surface area contributed by atoms with E-state index in [2.05, 4.69) is 4.90 Å². The van der Waals surface area contributed by atoms with Crippen molar-refractivity contribution in [3.8, 4) is 11.5 Å². The Bertz CT molecular complexity index is 1240. The standard InChI is InChI=1S/C32H40N2O5/c1-23(35)39-29-9-5-7-26(19-29)31-16-17-34(21-25-10-11-25)22-32(31,37)15-14-27(20-31)33(2)30(36)13-12-24-6-4-8-28(18-24)38-3/h4-9,12-13,18-19,25,27,37H,10-11,14-17,20-22H2,1-3H3/t27-,31-,32-/m0/s1. The van der Waals surface area contributed by atoms with E-state index < -0.39 is 11.0 Å². The molecule has 1 amide bonds. The minimum atomic E-state index is -0.925. The summed E-state index contributed by atoms with van der Waals surface area (Å²) in [6.45, 7) is 3.97. The second-order valence-corrected chi connectivity index (χ2v) is 11.6. The number of fused-ring (bicyclic) bond motifs is 1. The predicted molar refractivity (Wildman–Crippen MR) is 151 cm³/mol. The number of benzene rings is 2. The summed E-state index contributed by atoms with van der Waals surface area (Å²) < 4.78 is 10.7. The molecule has 1 heterocycles. The number of aliphatic hydroxyl groups is 1. The van der Waals surface area contributed by atoms with Crippen molar-refractivity contribution in [2.75, 3.05) is 33.8 Å². The van der Waals surface area contributed by atoms with Crippen LogP contribution in [-0.2, 0) is 15.0 Å². The summed E-state index contributed by atoms with van der Waals surface area (Å²) in [7, 11) is 3.48. The summed E-state index contributed by atoms with van der Waals surface area (Å²) in [5.74, 6) is 1.56. The lowest BCUT2D eigenvalue weighted by molar-refractivity contribution is -0.145. The maximum Gasteiger partial charge on any atom is 0.308 e. The molecule has 7 nitrogen and oxygen atoms in total. The molecule has 0 unspecified atom stereocenters. The highest BCUT2D eigenvalue weighted by Crippen LogP contribution is 2.53. The van der Waals surface area contributed by atoms with Crippen LogP contribution >= 0.6 is 0 Å². The lowest BCUT2D eigenvalue weighted by Crippen LogP contribution is -2.67. The van der Waals surface area contributed by atoms with Crippen LogP contribution in [0.25, 0.3) is 6.08 Å². The molecule has 0 aromatic heterocycles. The van der Waals surface area contributed by atoms with Gasteiger partial charge >= 0.3 is 5.97 Å². The van der Waals surface area contributed by atoms with Crippen molar-refractivity contribution in [1.29, 1.82) is 0 Å². The molecular weight excluding hydrogens is 492 g/mol. The number of ether oxygens (including phenoxy) is 2. The molecule has 39 heavy (non-hydrogen) atoms. The molecule has 3 aliphatic rings. The quantitative estimate of drug-likeness (QED) is 0.308. The largest absolute Gasteiger partial charge is 0.497 e. The normalized spacial score (nSPS) is 27.1. The number of β-amino-alcohol motifs (C(OH)–C–C–N with tert-alkyl or cyclic N) is 1. The van der Waals surface area contributed by atoms with Crippen LogP contribution in [0, 0.1) is 5.92 Å². The highest BCUT2D eigenvalue weighted by atomic mass is 16.5. The van der Waals surface area contributed by atoms with Crippen LogP contribution in [0.1, 0.15) is 56.6 Å². The van der Waals surface area contributed by atoms with Crippen LogP contribution in [-0.4, -0.2) is 72.2 Å². The molecule has 3 atom stereocenters. The summed E-state index contributed by atoms with van der Waals surface area (Å²) in [6, 6.07) is 15.2. The Morgan fingerprint density at radius 2 is 1.87 bits per heavy atom. The van der Waals surface area contributed by atoms with Crippen molar-refractivity contribution in [2.24, 2.45) is 5.92 Å². The number of amides is 1. The number of esters is 1. The van der Waals surface area contributed by atoms with Gasteiger partial charge in [0.1, 0.15) is 11.5 Å². The van der Waals surface area contributed by atoms with E-state index in [0.717, 1.165) is 48.7 Å². The van der Waals surface area contributed by atoms with Gasteiger partial charge in [0.2, 0.25) is 5.91 Å². The van der Waals surface area contributed by atoms with Crippen LogP contribution in [0.3, 0.4) is 0 Å². The van der Waals surface area contributed by atoms with Gasteiger partial charge in [0.05, 0.1) is 12.7 Å². The van der Waals surface area contributed by atoms with Crippen LogP contribution < -0.4 is 9.47 Å². The maximum absolute atomic E-state index is 13.3. The summed E-state index contributed by atoms with van der Waals surface area (Å²) in [6.07, 6.45) is 8.77. The molecule has 2 aliphatic carbocycles. The number of nitrogens with zero attached hydrogens (tertiary/aromatic N) is 2. The van der Waals surface area contributed by atoms with Crippen LogP contribution in [0.15, 0.2) is 54.6 Å². The van der Waals surface area contributed by atoms with Crippen molar-refractivity contribution in [2.45, 2.75) is 62.5 Å². The second kappa shape index (κ2) is 11.1. The number of methoxy groups -OCH3 is 1. The van der Waals surface area contributed by atoms with E-state index in [0.29, 0.717) is 25.1 Å². The van der Waals surface area contributed by atoms with Crippen LogP contribution in [0.4, 0.5) is 0 Å². The number of hydrogen-bond acceptors (Lipinski definition) is 6. The molecule has 208 valence electrons. The third-order valence-electron chi connectivity index (χ3n) is 8.98. The smallest absolute Gasteiger partial charge is 0.308 e. The Labute approximate surface area is 231 Å². The zero-order valence-electron chi connectivity index (χ0n) is 23.3. The summed E-state index contributed by atoms with van der Waals surface area (Å²) in [4.78, 5) is 29.2. The van der Waals surface area contributed by atoms with E-state index >= 15 is 0 Å². The first-order chi connectivity index (χ1) is 18.7. The molecule has 5 rings (SSSR count). The average molecular weight is 533 g/mol. The Balaban J connectivity index is 1.40. The van der Waals surface area contributed by atoms with E-state index in [4.69, 9.17) is 9.47 Å². The van der Waals surface area contributed by atoms with Crippen LogP contribution in [0.2, 0.25) is 0 Å². The second-order valence-electron chi connectivity index (χ2n) is 11.6. The van der Waals surface area contributed by atoms with Gasteiger partial charge in [0, 0.05) is 44.6 Å². The van der Waals surface area contributed by atoms with Crippen molar-refractivity contribution in [3.63, 3.8) is 0 Å². The van der Waals surface area contributed by atoms with E-state index in [1.165, 1.54) is 19.8 Å². The van der Waals surface area contributed by atoms with E-state index in [9.17, 15) is 14.7 Å². The van der Waals surface area contributed by atoms with Gasteiger partial charge in [-0.25, -0.2) is 0 Å². The fraction of sp³-hybridized carbons (Fsp3) is 0.500. The van der Waals surface area contributed by atoms with Gasteiger partial charge in [0.25, 0.3) is 0 Å². The SMILES string of the molecule is COc1cccc(C=CC(=O)N(C)[C@H]2CC[C@]3(O)CN(CC4CC4)CC[C@@]3(c3cccc(OC(C)=O)c3)C2)c1. The molecule has 0 radical (unpaired) electrons. The highest BCUT2D eigenvalue weighted by molar-refractivity contribution is 5.91. The number of carbonyl (C=O) groups excluding carboxylic acids is 2. The lowest BCUT2D eigenvalue weighted by Gasteiger charge is -2.59. The molecule has 2 saturated carbocycles.